The van der Waals surface area contributed by atoms with Crippen molar-refractivity contribution in [3.63, 3.8) is 0 Å². The van der Waals surface area contributed by atoms with Gasteiger partial charge in [-0.3, -0.25) is 4.79 Å². The van der Waals surface area contributed by atoms with Crippen LogP contribution in [-0.2, 0) is 11.3 Å². The van der Waals surface area contributed by atoms with Gasteiger partial charge in [0.25, 0.3) is 5.76 Å². The van der Waals surface area contributed by atoms with Crippen LogP contribution in [-0.4, -0.2) is 31.2 Å². The summed E-state index contributed by atoms with van der Waals surface area (Å²) < 4.78 is 27.3. The van der Waals surface area contributed by atoms with Crippen LogP contribution in [0, 0.1) is 0 Å². The molecule has 0 aliphatic carbocycles. The number of thioether (sulfide) groups is 1. The lowest BCUT2D eigenvalue weighted by Crippen LogP contribution is -2.30. The Labute approximate surface area is 163 Å². The van der Waals surface area contributed by atoms with Crippen molar-refractivity contribution in [1.82, 2.24) is 24.8 Å². The summed E-state index contributed by atoms with van der Waals surface area (Å²) in [6, 6.07) is 14.3. The van der Waals surface area contributed by atoms with Gasteiger partial charge in [0, 0.05) is 0 Å². The van der Waals surface area contributed by atoms with Crippen LogP contribution in [0.25, 0.3) is 22.1 Å². The molecular formula is C19H17F2N5OS. The molecule has 2 N–H and O–H groups in total. The Morgan fingerprint density at radius 2 is 1.86 bits per heavy atom. The summed E-state index contributed by atoms with van der Waals surface area (Å²) in [6.07, 6.45) is 0. The number of halogens is 2. The van der Waals surface area contributed by atoms with Crippen LogP contribution < -0.4 is 5.32 Å². The number of alkyl halides is 2. The second kappa shape index (κ2) is 7.59. The van der Waals surface area contributed by atoms with E-state index in [1.165, 1.54) is 4.57 Å². The maximum absolute atomic E-state index is 12.9. The van der Waals surface area contributed by atoms with Crippen LogP contribution in [0.3, 0.4) is 0 Å². The van der Waals surface area contributed by atoms with Gasteiger partial charge in [-0.2, -0.15) is 8.78 Å². The summed E-state index contributed by atoms with van der Waals surface area (Å²) in [6.45, 7) is 1.70. The number of hydrogen-bond acceptors (Lipinski definition) is 4. The van der Waals surface area contributed by atoms with Crippen LogP contribution in [0.15, 0.2) is 53.7 Å². The molecule has 28 heavy (non-hydrogen) atoms. The molecule has 4 rings (SSSR count). The Morgan fingerprint density at radius 3 is 2.61 bits per heavy atom. The van der Waals surface area contributed by atoms with Crippen molar-refractivity contribution in [2.24, 2.45) is 0 Å². The Bertz CT molecular complexity index is 1110. The highest BCUT2D eigenvalue weighted by Gasteiger charge is 2.19. The molecule has 144 valence electrons. The first-order chi connectivity index (χ1) is 13.5. The third-order valence-electron chi connectivity index (χ3n) is 4.31. The van der Waals surface area contributed by atoms with Gasteiger partial charge in [-0.15, -0.1) is 0 Å². The maximum Gasteiger partial charge on any atom is 0.291 e. The number of aromatic nitrogens is 4. The monoisotopic (exact) mass is 401 g/mol. The number of nitrogens with zero attached hydrogens (tertiary/aromatic N) is 3. The van der Waals surface area contributed by atoms with Crippen LogP contribution in [0.4, 0.5) is 8.78 Å². The van der Waals surface area contributed by atoms with Crippen molar-refractivity contribution >= 4 is 39.7 Å². The summed E-state index contributed by atoms with van der Waals surface area (Å²) in [4.78, 5) is 24.5. The first-order valence-corrected chi connectivity index (χ1v) is 9.53. The molecule has 6 nitrogen and oxygen atoms in total. The van der Waals surface area contributed by atoms with E-state index < -0.39 is 5.76 Å². The zero-order chi connectivity index (χ0) is 19.7. The van der Waals surface area contributed by atoms with Crippen molar-refractivity contribution in [3.05, 3.63) is 54.4 Å². The van der Waals surface area contributed by atoms with Gasteiger partial charge in [-0.25, -0.2) is 9.97 Å². The first-order valence-electron chi connectivity index (χ1n) is 8.65. The number of carbonyl (C=O) groups is 1. The van der Waals surface area contributed by atoms with E-state index in [9.17, 15) is 13.6 Å². The van der Waals surface area contributed by atoms with E-state index in [0.29, 0.717) is 28.6 Å². The van der Waals surface area contributed by atoms with Crippen molar-refractivity contribution in [3.8, 4) is 0 Å². The molecule has 0 saturated carbocycles. The fourth-order valence-corrected chi connectivity index (χ4v) is 3.65. The second-order valence-corrected chi connectivity index (χ2v) is 7.23. The summed E-state index contributed by atoms with van der Waals surface area (Å²) >= 11 is 0.331. The molecule has 9 heteroatoms. The molecule has 1 atom stereocenters. The molecule has 0 saturated heterocycles. The molecule has 0 aliphatic rings. The van der Waals surface area contributed by atoms with Gasteiger partial charge in [-0.1, -0.05) is 24.3 Å². The Kier molecular flexibility index (Phi) is 4.99. The molecule has 2 aromatic carbocycles. The SMILES string of the molecule is CC(NC(=O)Cn1c(SC(F)F)nc2ccccc21)c1nc2ccccc2[nH]1. The van der Waals surface area contributed by atoms with Crippen LogP contribution >= 0.6 is 11.8 Å². The number of carbonyl (C=O) groups excluding carboxylic acids is 1. The number of amides is 1. The van der Waals surface area contributed by atoms with Crippen LogP contribution in [0.5, 0.6) is 0 Å². The number of imidazole rings is 2. The standard InChI is InChI=1S/C19H17F2N5OS/c1-11(17-23-12-6-2-3-7-13(12)24-17)22-16(27)10-26-15-9-5-4-8-14(15)25-19(26)28-18(20)21/h2-9,11,18H,10H2,1H3,(H,22,27)(H,23,24). The molecular weight excluding hydrogens is 384 g/mol. The molecule has 0 fully saturated rings. The van der Waals surface area contributed by atoms with E-state index >= 15 is 0 Å². The minimum atomic E-state index is -2.62. The highest BCUT2D eigenvalue weighted by molar-refractivity contribution is 7.99. The molecule has 1 amide bonds. The van der Waals surface area contributed by atoms with Crippen molar-refractivity contribution in [1.29, 1.82) is 0 Å². The first kappa shape index (κ1) is 18.4. The fraction of sp³-hybridized carbons (Fsp3) is 0.211. The van der Waals surface area contributed by atoms with Gasteiger partial charge in [-0.05, 0) is 43.0 Å². The summed E-state index contributed by atoms with van der Waals surface area (Å²) in [5.74, 6) is -2.30. The van der Waals surface area contributed by atoms with E-state index in [1.54, 1.807) is 24.3 Å². The number of hydrogen-bond donors (Lipinski definition) is 2. The molecule has 0 aliphatic heterocycles. The van der Waals surface area contributed by atoms with Crippen molar-refractivity contribution < 1.29 is 13.6 Å². The number of benzene rings is 2. The predicted octanol–water partition coefficient (Wildman–Crippen LogP) is 4.10. The topological polar surface area (TPSA) is 75.6 Å². The normalized spacial score (nSPS) is 12.7. The number of aromatic amines is 1. The highest BCUT2D eigenvalue weighted by Crippen LogP contribution is 2.28. The third-order valence-corrected chi connectivity index (χ3v) is 5.01. The lowest BCUT2D eigenvalue weighted by molar-refractivity contribution is -0.122. The lowest BCUT2D eigenvalue weighted by Gasteiger charge is -2.13. The fourth-order valence-electron chi connectivity index (χ4n) is 3.05. The molecule has 2 aromatic heterocycles. The maximum atomic E-state index is 12.9. The molecule has 4 aromatic rings. The second-order valence-electron chi connectivity index (χ2n) is 6.28. The molecule has 2 heterocycles. The average molecular weight is 401 g/mol. The van der Waals surface area contributed by atoms with Gasteiger partial charge >= 0.3 is 0 Å². The van der Waals surface area contributed by atoms with E-state index in [1.807, 2.05) is 31.2 Å². The summed E-state index contributed by atoms with van der Waals surface area (Å²) in [7, 11) is 0. The van der Waals surface area contributed by atoms with Gasteiger partial charge in [0.15, 0.2) is 5.16 Å². The Balaban J connectivity index is 1.54. The number of nitrogens with one attached hydrogen (secondary N) is 2. The van der Waals surface area contributed by atoms with E-state index in [-0.39, 0.29) is 23.7 Å². The Morgan fingerprint density at radius 1 is 1.14 bits per heavy atom. The largest absolute Gasteiger partial charge is 0.345 e. The van der Waals surface area contributed by atoms with Crippen LogP contribution in [0.2, 0.25) is 0 Å². The van der Waals surface area contributed by atoms with Crippen molar-refractivity contribution in [2.75, 3.05) is 0 Å². The molecule has 0 radical (unpaired) electrons. The minimum absolute atomic E-state index is 0.111. The highest BCUT2D eigenvalue weighted by atomic mass is 32.2. The number of H-pyrrole nitrogens is 1. The minimum Gasteiger partial charge on any atom is -0.345 e. The third kappa shape index (κ3) is 3.70. The van der Waals surface area contributed by atoms with E-state index in [0.717, 1.165) is 11.0 Å². The molecule has 0 spiro atoms. The summed E-state index contributed by atoms with van der Waals surface area (Å²) in [5.41, 5.74) is 2.91. The van der Waals surface area contributed by atoms with Gasteiger partial charge in [0.2, 0.25) is 5.91 Å². The lowest BCUT2D eigenvalue weighted by atomic mass is 10.3. The van der Waals surface area contributed by atoms with Crippen LogP contribution in [0.1, 0.15) is 18.8 Å². The zero-order valence-corrected chi connectivity index (χ0v) is 15.7. The number of fused-ring (bicyclic) bond motifs is 2. The smallest absolute Gasteiger partial charge is 0.291 e. The van der Waals surface area contributed by atoms with E-state index in [4.69, 9.17) is 0 Å². The van der Waals surface area contributed by atoms with E-state index in [2.05, 4.69) is 20.3 Å². The van der Waals surface area contributed by atoms with Crippen molar-refractivity contribution in [2.45, 2.75) is 30.4 Å². The van der Waals surface area contributed by atoms with Gasteiger partial charge in [0.1, 0.15) is 12.4 Å². The average Bonchev–Trinajstić information content (AvgIpc) is 3.23. The van der Waals surface area contributed by atoms with Gasteiger partial charge in [0.05, 0.1) is 28.1 Å². The molecule has 0 bridgehead atoms. The van der Waals surface area contributed by atoms with Gasteiger partial charge < -0.3 is 14.9 Å². The number of para-hydroxylation sites is 4. The predicted molar refractivity (Wildman–Crippen MR) is 104 cm³/mol. The number of rotatable bonds is 6. The summed E-state index contributed by atoms with van der Waals surface area (Å²) in [5, 5.41) is 2.98. The quantitative estimate of drug-likeness (QED) is 0.477. The molecule has 1 unspecified atom stereocenters. The zero-order valence-electron chi connectivity index (χ0n) is 14.9. The Hall–Kier alpha value is -2.94.